The van der Waals surface area contributed by atoms with Crippen LogP contribution in [0.2, 0.25) is 0 Å². The minimum Gasteiger partial charge on any atom is -0.449 e. The van der Waals surface area contributed by atoms with Gasteiger partial charge in [0.15, 0.2) is 6.10 Å². The van der Waals surface area contributed by atoms with Crippen molar-refractivity contribution in [3.8, 4) is 11.5 Å². The first-order chi connectivity index (χ1) is 16.6. The highest BCUT2D eigenvalue weighted by atomic mass is 32.2. The van der Waals surface area contributed by atoms with Crippen LogP contribution in [-0.4, -0.2) is 31.6 Å². The maximum absolute atomic E-state index is 12.9. The van der Waals surface area contributed by atoms with Crippen LogP contribution in [0.1, 0.15) is 40.4 Å². The Morgan fingerprint density at radius 3 is 2.06 bits per heavy atom. The van der Waals surface area contributed by atoms with E-state index in [1.54, 1.807) is 43.3 Å². The molecule has 0 fully saturated rings. The van der Waals surface area contributed by atoms with Gasteiger partial charge in [0.05, 0.1) is 16.1 Å². The van der Waals surface area contributed by atoms with Gasteiger partial charge in [-0.3, -0.25) is 4.31 Å². The van der Waals surface area contributed by atoms with Crippen molar-refractivity contribution in [3.63, 3.8) is 0 Å². The number of ether oxygens (including phenoxy) is 1. The summed E-state index contributed by atoms with van der Waals surface area (Å²) in [5.41, 5.74) is 3.53. The van der Waals surface area contributed by atoms with Crippen LogP contribution in [0.25, 0.3) is 11.5 Å². The molecule has 1 unspecified atom stereocenters. The molecule has 9 heteroatoms. The minimum absolute atomic E-state index is 0.175. The van der Waals surface area contributed by atoms with Crippen LogP contribution in [-0.2, 0) is 14.8 Å². The number of sulfonamides is 1. The third kappa shape index (κ3) is 5.25. The number of rotatable bonds is 7. The molecule has 0 amide bonds. The van der Waals surface area contributed by atoms with Gasteiger partial charge >= 0.3 is 5.97 Å². The molecule has 0 saturated heterocycles. The predicted octanol–water partition coefficient (Wildman–Crippen LogP) is 5.10. The smallest absolute Gasteiger partial charge is 0.338 e. The van der Waals surface area contributed by atoms with E-state index in [4.69, 9.17) is 9.15 Å². The number of benzene rings is 3. The summed E-state index contributed by atoms with van der Waals surface area (Å²) in [7, 11) is -2.27. The number of anilines is 1. The van der Waals surface area contributed by atoms with E-state index in [2.05, 4.69) is 10.2 Å². The fraction of sp³-hybridized carbons (Fsp3) is 0.192. The number of nitrogens with zero attached hydrogens (tertiary/aromatic N) is 3. The minimum atomic E-state index is -3.73. The van der Waals surface area contributed by atoms with Crippen LogP contribution >= 0.6 is 0 Å². The normalized spacial score (nSPS) is 12.2. The molecule has 180 valence electrons. The van der Waals surface area contributed by atoms with E-state index in [9.17, 15) is 13.2 Å². The highest BCUT2D eigenvalue weighted by Gasteiger charge is 2.23. The van der Waals surface area contributed by atoms with Crippen molar-refractivity contribution in [2.75, 3.05) is 11.4 Å². The summed E-state index contributed by atoms with van der Waals surface area (Å²) < 4.78 is 38.1. The van der Waals surface area contributed by atoms with Gasteiger partial charge in [0.2, 0.25) is 5.89 Å². The first kappa shape index (κ1) is 24.2. The molecule has 3 aromatic carbocycles. The molecule has 8 nitrogen and oxygen atoms in total. The third-order valence-corrected chi connectivity index (χ3v) is 7.32. The molecule has 0 N–H and O–H groups in total. The van der Waals surface area contributed by atoms with Crippen molar-refractivity contribution in [3.05, 3.63) is 95.4 Å². The molecular formula is C26H25N3O5S. The zero-order valence-corrected chi connectivity index (χ0v) is 20.6. The highest BCUT2D eigenvalue weighted by Crippen LogP contribution is 2.25. The van der Waals surface area contributed by atoms with Crippen LogP contribution in [0.3, 0.4) is 0 Å². The van der Waals surface area contributed by atoms with Gasteiger partial charge in [0.1, 0.15) is 0 Å². The summed E-state index contributed by atoms with van der Waals surface area (Å²) in [6.07, 6.45) is -0.765. The lowest BCUT2D eigenvalue weighted by atomic mass is 10.1. The van der Waals surface area contributed by atoms with Gasteiger partial charge in [-0.15, -0.1) is 10.2 Å². The van der Waals surface area contributed by atoms with E-state index in [1.165, 1.54) is 23.5 Å². The van der Waals surface area contributed by atoms with Crippen molar-refractivity contribution in [2.24, 2.45) is 0 Å². The molecule has 35 heavy (non-hydrogen) atoms. The van der Waals surface area contributed by atoms with Gasteiger partial charge in [-0.25, -0.2) is 13.2 Å². The van der Waals surface area contributed by atoms with Gasteiger partial charge in [0, 0.05) is 12.6 Å². The first-order valence-electron chi connectivity index (χ1n) is 10.9. The Bertz CT molecular complexity index is 1430. The van der Waals surface area contributed by atoms with Gasteiger partial charge in [-0.1, -0.05) is 35.4 Å². The highest BCUT2D eigenvalue weighted by molar-refractivity contribution is 7.92. The molecule has 4 rings (SSSR count). The molecule has 1 aromatic heterocycles. The average Bonchev–Trinajstić information content (AvgIpc) is 3.35. The zero-order chi connectivity index (χ0) is 25.2. The average molecular weight is 492 g/mol. The van der Waals surface area contributed by atoms with E-state index in [1.807, 2.05) is 38.1 Å². The van der Waals surface area contributed by atoms with Crippen molar-refractivity contribution in [1.29, 1.82) is 0 Å². The molecule has 0 bridgehead atoms. The van der Waals surface area contributed by atoms with Gasteiger partial charge in [-0.05, 0) is 69.3 Å². The summed E-state index contributed by atoms with van der Waals surface area (Å²) in [5, 5.41) is 8.02. The molecule has 0 aliphatic rings. The lowest BCUT2D eigenvalue weighted by molar-refractivity contribution is 0.0280. The van der Waals surface area contributed by atoms with E-state index in [0.29, 0.717) is 11.6 Å². The van der Waals surface area contributed by atoms with Crippen LogP contribution in [0.4, 0.5) is 5.69 Å². The Morgan fingerprint density at radius 1 is 0.886 bits per heavy atom. The molecule has 1 heterocycles. The van der Waals surface area contributed by atoms with E-state index < -0.39 is 22.1 Å². The maximum Gasteiger partial charge on any atom is 0.338 e. The van der Waals surface area contributed by atoms with Crippen molar-refractivity contribution in [2.45, 2.75) is 31.8 Å². The molecule has 0 spiro atoms. The number of carbonyl (C=O) groups excluding carboxylic acids is 1. The molecule has 0 aliphatic heterocycles. The van der Waals surface area contributed by atoms with E-state index in [0.717, 1.165) is 16.7 Å². The number of carbonyl (C=O) groups is 1. The molecule has 0 aliphatic carbocycles. The van der Waals surface area contributed by atoms with Crippen molar-refractivity contribution >= 4 is 21.7 Å². The standard InChI is InChI=1S/C26H25N3O5S/c1-17-5-9-20(10-6-17)25-28-27-24(34-25)19(3)33-26(30)21-11-13-22(14-12-21)29(4)35(31,32)23-15-7-18(2)8-16-23/h5-16,19H,1-4H3. The molecule has 4 aromatic rings. The van der Waals surface area contributed by atoms with Crippen LogP contribution in [0.5, 0.6) is 0 Å². The van der Waals surface area contributed by atoms with E-state index in [-0.39, 0.29) is 16.3 Å². The maximum atomic E-state index is 12.9. The molecule has 1 atom stereocenters. The predicted molar refractivity (Wildman–Crippen MR) is 132 cm³/mol. The Morgan fingerprint density at radius 2 is 1.46 bits per heavy atom. The quantitative estimate of drug-likeness (QED) is 0.332. The van der Waals surface area contributed by atoms with Crippen LogP contribution < -0.4 is 4.31 Å². The monoisotopic (exact) mass is 491 g/mol. The number of esters is 1. The van der Waals surface area contributed by atoms with E-state index >= 15 is 0 Å². The summed E-state index contributed by atoms with van der Waals surface area (Å²) in [4.78, 5) is 12.8. The third-order valence-electron chi connectivity index (χ3n) is 5.52. The Balaban J connectivity index is 1.43. The number of aryl methyl sites for hydroxylation is 2. The lowest BCUT2D eigenvalue weighted by Gasteiger charge is -2.20. The Hall–Kier alpha value is -3.98. The Kier molecular flexibility index (Phi) is 6.70. The van der Waals surface area contributed by atoms with Gasteiger partial charge < -0.3 is 9.15 Å². The number of hydrogen-bond donors (Lipinski definition) is 0. The Labute approximate surface area is 204 Å². The fourth-order valence-corrected chi connectivity index (χ4v) is 4.50. The summed E-state index contributed by atoms with van der Waals surface area (Å²) in [6.45, 7) is 5.51. The first-order valence-corrected chi connectivity index (χ1v) is 12.4. The summed E-state index contributed by atoms with van der Waals surface area (Å²) in [5.74, 6) is -0.0808. The second-order valence-corrected chi connectivity index (χ2v) is 10.2. The summed E-state index contributed by atoms with van der Waals surface area (Å²) in [6, 6.07) is 20.4. The van der Waals surface area contributed by atoms with Gasteiger partial charge in [-0.2, -0.15) is 0 Å². The van der Waals surface area contributed by atoms with Crippen LogP contribution in [0.15, 0.2) is 82.1 Å². The SMILES string of the molecule is Cc1ccc(-c2nnc(C(C)OC(=O)c3ccc(N(C)S(=O)(=O)c4ccc(C)cc4)cc3)o2)cc1. The second kappa shape index (κ2) is 9.71. The summed E-state index contributed by atoms with van der Waals surface area (Å²) >= 11 is 0. The largest absolute Gasteiger partial charge is 0.449 e. The van der Waals surface area contributed by atoms with Crippen LogP contribution in [0, 0.1) is 13.8 Å². The number of aromatic nitrogens is 2. The number of hydrogen-bond acceptors (Lipinski definition) is 7. The zero-order valence-electron chi connectivity index (χ0n) is 19.8. The van der Waals surface area contributed by atoms with Gasteiger partial charge in [0.25, 0.3) is 15.9 Å². The van der Waals surface area contributed by atoms with Crippen molar-refractivity contribution in [1.82, 2.24) is 10.2 Å². The second-order valence-electron chi connectivity index (χ2n) is 8.19. The molecular weight excluding hydrogens is 466 g/mol. The molecule has 0 radical (unpaired) electrons. The molecule has 0 saturated carbocycles. The van der Waals surface area contributed by atoms with Crippen molar-refractivity contribution < 1.29 is 22.4 Å². The topological polar surface area (TPSA) is 103 Å². The lowest BCUT2D eigenvalue weighted by Crippen LogP contribution is -2.26. The fourth-order valence-electron chi connectivity index (χ4n) is 3.31.